The normalized spacial score (nSPS) is 16.2. The van der Waals surface area contributed by atoms with Crippen molar-refractivity contribution in [2.24, 2.45) is 0 Å². The molecule has 0 aromatic rings. The minimum atomic E-state index is -4.84. The first-order chi connectivity index (χ1) is 10.4. The van der Waals surface area contributed by atoms with Crippen LogP contribution in [-0.2, 0) is 0 Å². The van der Waals surface area contributed by atoms with Gasteiger partial charge in [-0.2, -0.15) is 0 Å². The molecule has 1 aliphatic heterocycles. The molecule has 0 aromatic heterocycles. The fourth-order valence-electron chi connectivity index (χ4n) is 1.45. The highest BCUT2D eigenvalue weighted by atomic mass is 16.9. The van der Waals surface area contributed by atoms with E-state index in [1.807, 2.05) is 0 Å². The smallest absolute Gasteiger partial charge is 0.255 e. The molecule has 0 saturated carbocycles. The van der Waals surface area contributed by atoms with E-state index in [1.165, 1.54) is 0 Å². The zero-order valence-corrected chi connectivity index (χ0v) is 9.87. The Bertz CT molecular complexity index is 569. The molecule has 0 aromatic carbocycles. The van der Waals surface area contributed by atoms with E-state index >= 15 is 0 Å². The van der Waals surface area contributed by atoms with Crippen LogP contribution in [0.2, 0.25) is 0 Å². The maximum atomic E-state index is 10.9. The zero-order chi connectivity index (χ0) is 18.3. The van der Waals surface area contributed by atoms with Gasteiger partial charge in [0, 0.05) is 0 Å². The fraction of sp³-hybridized carbons (Fsp3) is 1.00. The summed E-state index contributed by atoms with van der Waals surface area (Å²) in [6.07, 6.45) is 0. The van der Waals surface area contributed by atoms with E-state index in [4.69, 9.17) is 0 Å². The first-order valence-electron chi connectivity index (χ1n) is 4.49. The topological polar surface area (TPSA) is 272 Å². The number of hydrogen-bond acceptors (Lipinski definition) is 12. The van der Waals surface area contributed by atoms with Crippen molar-refractivity contribution in [1.82, 2.24) is 20.7 Å². The summed E-state index contributed by atoms with van der Waals surface area (Å²) in [6, 6.07) is 0. The lowest BCUT2D eigenvalue weighted by atomic mass is 10.6. The van der Waals surface area contributed by atoms with Gasteiger partial charge in [0.15, 0.2) is 9.85 Å². The zero-order valence-electron chi connectivity index (χ0n) is 9.87. The maximum Gasteiger partial charge on any atom is 0.787 e. The van der Waals surface area contributed by atoms with Crippen molar-refractivity contribution >= 4 is 0 Å². The number of rotatable bonds is 6. The minimum absolute atomic E-state index is 1.48. The number of nitro groups is 6. The molecule has 0 bridgehead atoms. The highest BCUT2D eigenvalue weighted by molar-refractivity contribution is 4.58. The van der Waals surface area contributed by atoms with Crippen molar-refractivity contribution in [3.63, 3.8) is 0 Å². The maximum absolute atomic E-state index is 10.9. The van der Waals surface area contributed by atoms with Crippen LogP contribution in [0.1, 0.15) is 0 Å². The number of hydrogen-bond donors (Lipinski definition) is 0. The van der Waals surface area contributed by atoms with Gasteiger partial charge in [-0.05, 0) is 0 Å². The molecule has 0 radical (unpaired) electrons. The average molecular weight is 344 g/mol. The third-order valence-electron chi connectivity index (χ3n) is 2.13. The molecular weight excluding hydrogens is 344 g/mol. The van der Waals surface area contributed by atoms with Gasteiger partial charge in [0.05, 0.1) is 0 Å². The van der Waals surface area contributed by atoms with Gasteiger partial charge in [-0.25, -0.2) is 40.5 Å². The van der Waals surface area contributed by atoms with Crippen LogP contribution in [0.25, 0.3) is 0 Å². The molecule has 0 atom stereocenters. The first-order valence-corrected chi connectivity index (χ1v) is 4.49. The van der Waals surface area contributed by atoms with Gasteiger partial charge >= 0.3 is 5.91 Å². The third kappa shape index (κ3) is 1.89. The molecule has 1 rings (SSSR count). The molecule has 1 aliphatic rings. The molecule has 1 saturated heterocycles. The lowest BCUT2D eigenvalue weighted by molar-refractivity contribution is -0.982. The van der Waals surface area contributed by atoms with Crippen LogP contribution in [0.15, 0.2) is 0 Å². The largest absolute Gasteiger partial charge is 0.787 e. The van der Waals surface area contributed by atoms with Gasteiger partial charge in [-0.1, -0.05) is 0 Å². The highest BCUT2D eigenvalue weighted by Crippen LogP contribution is 2.34. The van der Waals surface area contributed by atoms with Gasteiger partial charge < -0.3 is 0 Å². The van der Waals surface area contributed by atoms with Gasteiger partial charge in [-0.15, -0.1) is 0 Å². The van der Waals surface area contributed by atoms with Crippen LogP contribution in [0, 0.1) is 60.7 Å². The number of nitrogens with zero attached hydrogens (tertiary/aromatic N) is 10. The van der Waals surface area contributed by atoms with Crippen molar-refractivity contribution in [3.8, 4) is 0 Å². The van der Waals surface area contributed by atoms with Crippen LogP contribution < -0.4 is 0 Å². The Hall–Kier alpha value is -4.40. The molecule has 22 heteroatoms. The van der Waals surface area contributed by atoms with Crippen molar-refractivity contribution < 1.29 is 30.0 Å². The second kappa shape index (κ2) is 4.86. The molecule has 0 amide bonds. The first kappa shape index (κ1) is 16.7. The van der Waals surface area contributed by atoms with Crippen molar-refractivity contribution in [3.05, 3.63) is 60.7 Å². The fourth-order valence-corrected chi connectivity index (χ4v) is 1.45. The van der Waals surface area contributed by atoms with E-state index in [-0.39, 0.29) is 0 Å². The highest BCUT2D eigenvalue weighted by Gasteiger charge is 2.97. The second-order valence-electron chi connectivity index (χ2n) is 3.18. The predicted molar refractivity (Wildman–Crippen MR) is 52.1 cm³/mol. The van der Waals surface area contributed by atoms with E-state index in [9.17, 15) is 60.7 Å². The Kier molecular flexibility index (Phi) is 3.52. The molecular formula is CN10O12. The Morgan fingerprint density at radius 3 is 0.913 bits per heavy atom. The predicted octanol–water partition coefficient (Wildman–Crippen LogP) is -3.12. The summed E-state index contributed by atoms with van der Waals surface area (Å²) in [7, 11) is 0. The van der Waals surface area contributed by atoms with Gasteiger partial charge in [0.25, 0.3) is 0 Å². The second-order valence-corrected chi connectivity index (χ2v) is 3.18. The molecule has 126 valence electrons. The Morgan fingerprint density at radius 1 is 0.522 bits per heavy atom. The van der Waals surface area contributed by atoms with Crippen molar-refractivity contribution in [2.75, 3.05) is 0 Å². The van der Waals surface area contributed by atoms with Crippen molar-refractivity contribution in [1.29, 1.82) is 0 Å². The molecule has 0 unspecified atom stereocenters. The SMILES string of the molecule is O=[N+]([O-])N1N([N+](=O)[O-])N([N+](=O)[O-])C([N+](=O)[O-])([N+](=O)[O-])N1[N+](=O)[O-]. The van der Waals surface area contributed by atoms with Crippen LogP contribution in [-0.4, -0.2) is 56.6 Å². The molecule has 0 N–H and O–H groups in total. The summed E-state index contributed by atoms with van der Waals surface area (Å²) in [5.74, 6) is -4.84. The summed E-state index contributed by atoms with van der Waals surface area (Å²) in [4.78, 5) is 60.1. The Labute approximate surface area is 118 Å². The third-order valence-corrected chi connectivity index (χ3v) is 2.13. The number of hydrazine groups is 7. The van der Waals surface area contributed by atoms with Gasteiger partial charge in [-0.3, -0.25) is 20.2 Å². The van der Waals surface area contributed by atoms with Crippen molar-refractivity contribution in [2.45, 2.75) is 5.91 Å². The minimum Gasteiger partial charge on any atom is -0.255 e. The standard InChI is InChI=1S/CN10O12/c12-4(13)1(5(14)15)2(8(16)17)6(10(20)21)7(11(22)23)3(1)9(18)19. The molecule has 23 heavy (non-hydrogen) atoms. The van der Waals surface area contributed by atoms with E-state index in [0.29, 0.717) is 0 Å². The summed E-state index contributed by atoms with van der Waals surface area (Å²) in [5.41, 5.74) is 0. The van der Waals surface area contributed by atoms with Crippen LogP contribution in [0.4, 0.5) is 0 Å². The van der Waals surface area contributed by atoms with E-state index in [0.717, 1.165) is 0 Å². The van der Waals surface area contributed by atoms with E-state index in [2.05, 4.69) is 0 Å². The van der Waals surface area contributed by atoms with Crippen LogP contribution >= 0.6 is 0 Å². The Morgan fingerprint density at radius 2 is 0.783 bits per heavy atom. The monoisotopic (exact) mass is 344 g/mol. The van der Waals surface area contributed by atoms with Crippen LogP contribution in [0.3, 0.4) is 0 Å². The van der Waals surface area contributed by atoms with Gasteiger partial charge in [0.2, 0.25) is 40.8 Å². The Balaban J connectivity index is 3.93. The summed E-state index contributed by atoms with van der Waals surface area (Å²) >= 11 is 0. The molecule has 22 nitrogen and oxygen atoms in total. The quantitative estimate of drug-likeness (QED) is 0.261. The van der Waals surface area contributed by atoms with Crippen LogP contribution in [0.5, 0.6) is 0 Å². The lowest BCUT2D eigenvalue weighted by Crippen LogP contribution is -2.69. The van der Waals surface area contributed by atoms with Gasteiger partial charge in [0.1, 0.15) is 0 Å². The van der Waals surface area contributed by atoms with E-state index in [1.54, 1.807) is 0 Å². The lowest BCUT2D eigenvalue weighted by Gasteiger charge is -2.11. The summed E-state index contributed by atoms with van der Waals surface area (Å²) in [5, 5.41) is 50.0. The average Bonchev–Trinajstić information content (AvgIpc) is 2.71. The molecule has 0 spiro atoms. The molecule has 0 aliphatic carbocycles. The van der Waals surface area contributed by atoms with E-state index < -0.39 is 56.6 Å². The molecule has 1 heterocycles. The summed E-state index contributed by atoms with van der Waals surface area (Å²) < 4.78 is 0. The summed E-state index contributed by atoms with van der Waals surface area (Å²) in [6.45, 7) is 0. The molecule has 1 fully saturated rings.